The molecule has 0 saturated carbocycles. The first kappa shape index (κ1) is 13.4. The molecular weight excluding hydrogens is 202 g/mol. The van der Waals surface area contributed by atoms with Crippen molar-refractivity contribution in [2.45, 2.75) is 26.4 Å². The van der Waals surface area contributed by atoms with E-state index in [2.05, 4.69) is 29.7 Å². The second-order valence-electron chi connectivity index (χ2n) is 4.28. The van der Waals surface area contributed by atoms with Crippen LogP contribution in [0.2, 0.25) is 0 Å². The molecule has 0 aromatic carbocycles. The topological polar surface area (TPSA) is 39.5 Å². The number of morpholine rings is 1. The summed E-state index contributed by atoms with van der Waals surface area (Å²) in [4.78, 5) is 4.59. The molecule has 92 valence electrons. The smallest absolute Gasteiger partial charge is 0.0866 e. The minimum atomic E-state index is 0.272. The Bertz CT molecular complexity index is 227. The first-order chi connectivity index (χ1) is 7.80. The normalized spacial score (nSPS) is 22.2. The Balaban J connectivity index is 2.35. The molecule has 0 radical (unpaired) electrons. The van der Waals surface area contributed by atoms with Crippen LogP contribution in [0.15, 0.2) is 0 Å². The lowest BCUT2D eigenvalue weighted by molar-refractivity contribution is -0.0403. The van der Waals surface area contributed by atoms with E-state index in [1.165, 1.54) is 0 Å². The van der Waals surface area contributed by atoms with E-state index in [9.17, 15) is 0 Å². The standard InChI is InChI=1S/C12H23N3O/c1-3-6-15(7-5-13)11-12-10-14(4-2)8-9-16-12/h12H,3-4,6-11H2,1-2H3. The average Bonchev–Trinajstić information content (AvgIpc) is 2.30. The van der Waals surface area contributed by atoms with Crippen molar-refractivity contribution < 1.29 is 4.74 Å². The molecule has 4 nitrogen and oxygen atoms in total. The highest BCUT2D eigenvalue weighted by molar-refractivity contribution is 4.80. The van der Waals surface area contributed by atoms with E-state index in [0.29, 0.717) is 6.54 Å². The lowest BCUT2D eigenvalue weighted by atomic mass is 10.2. The summed E-state index contributed by atoms with van der Waals surface area (Å²) in [6.07, 6.45) is 1.36. The van der Waals surface area contributed by atoms with Crippen LogP contribution in [0.1, 0.15) is 20.3 Å². The minimum absolute atomic E-state index is 0.272. The van der Waals surface area contributed by atoms with Crippen LogP contribution in [0, 0.1) is 11.3 Å². The molecule has 1 fully saturated rings. The van der Waals surface area contributed by atoms with E-state index in [1.54, 1.807) is 0 Å². The number of likely N-dealkylation sites (N-methyl/N-ethyl adjacent to an activating group) is 1. The molecule has 1 saturated heterocycles. The monoisotopic (exact) mass is 225 g/mol. The maximum absolute atomic E-state index is 8.75. The molecule has 1 aliphatic rings. The lowest BCUT2D eigenvalue weighted by Gasteiger charge is -2.34. The zero-order valence-corrected chi connectivity index (χ0v) is 10.5. The SMILES string of the molecule is CCCN(CC#N)CC1CN(CC)CCO1. The van der Waals surface area contributed by atoms with Crippen LogP contribution in [0.3, 0.4) is 0 Å². The second kappa shape index (κ2) is 7.61. The summed E-state index contributed by atoms with van der Waals surface area (Å²) in [7, 11) is 0. The Labute approximate surface area is 98.8 Å². The summed E-state index contributed by atoms with van der Waals surface area (Å²) >= 11 is 0. The lowest BCUT2D eigenvalue weighted by Crippen LogP contribution is -2.47. The van der Waals surface area contributed by atoms with Gasteiger partial charge in [-0.15, -0.1) is 0 Å². The van der Waals surface area contributed by atoms with E-state index in [4.69, 9.17) is 10.00 Å². The van der Waals surface area contributed by atoms with Crippen molar-refractivity contribution in [3.05, 3.63) is 0 Å². The van der Waals surface area contributed by atoms with Crippen LogP contribution >= 0.6 is 0 Å². The maximum Gasteiger partial charge on any atom is 0.0866 e. The molecule has 1 aliphatic heterocycles. The fourth-order valence-electron chi connectivity index (χ4n) is 2.12. The van der Waals surface area contributed by atoms with E-state index >= 15 is 0 Å². The van der Waals surface area contributed by atoms with Crippen LogP contribution in [0.25, 0.3) is 0 Å². The highest BCUT2D eigenvalue weighted by atomic mass is 16.5. The minimum Gasteiger partial charge on any atom is -0.374 e. The third-order valence-corrected chi connectivity index (χ3v) is 2.97. The summed E-state index contributed by atoms with van der Waals surface area (Å²) in [6.45, 7) is 10.7. The van der Waals surface area contributed by atoms with Gasteiger partial charge < -0.3 is 4.74 Å². The van der Waals surface area contributed by atoms with Gasteiger partial charge in [-0.05, 0) is 19.5 Å². The number of ether oxygens (including phenoxy) is 1. The largest absolute Gasteiger partial charge is 0.374 e. The van der Waals surface area contributed by atoms with E-state index in [1.807, 2.05) is 0 Å². The summed E-state index contributed by atoms with van der Waals surface area (Å²) in [5.74, 6) is 0. The van der Waals surface area contributed by atoms with Crippen molar-refractivity contribution in [3.63, 3.8) is 0 Å². The van der Waals surface area contributed by atoms with Gasteiger partial charge in [0.1, 0.15) is 0 Å². The molecule has 0 spiro atoms. The van der Waals surface area contributed by atoms with Crippen molar-refractivity contribution >= 4 is 0 Å². The molecule has 1 unspecified atom stereocenters. The number of rotatable bonds is 6. The van der Waals surface area contributed by atoms with Crippen LogP contribution in [0.5, 0.6) is 0 Å². The van der Waals surface area contributed by atoms with Crippen LogP contribution in [-0.4, -0.2) is 61.8 Å². The van der Waals surface area contributed by atoms with Crippen molar-refractivity contribution in [1.29, 1.82) is 5.26 Å². The first-order valence-corrected chi connectivity index (χ1v) is 6.23. The molecule has 4 heteroatoms. The Morgan fingerprint density at radius 1 is 1.50 bits per heavy atom. The summed E-state index contributed by atoms with van der Waals surface area (Å²) in [6, 6.07) is 2.22. The van der Waals surface area contributed by atoms with Gasteiger partial charge in [-0.2, -0.15) is 5.26 Å². The van der Waals surface area contributed by atoms with Crippen molar-refractivity contribution in [3.8, 4) is 6.07 Å². The van der Waals surface area contributed by atoms with Crippen LogP contribution < -0.4 is 0 Å². The van der Waals surface area contributed by atoms with Crippen LogP contribution in [0.4, 0.5) is 0 Å². The number of hydrogen-bond donors (Lipinski definition) is 0. The summed E-state index contributed by atoms with van der Waals surface area (Å²) in [5.41, 5.74) is 0. The van der Waals surface area contributed by atoms with Gasteiger partial charge in [-0.1, -0.05) is 13.8 Å². The van der Waals surface area contributed by atoms with E-state index in [0.717, 1.165) is 45.8 Å². The molecule has 16 heavy (non-hydrogen) atoms. The predicted octanol–water partition coefficient (Wildman–Crippen LogP) is 0.943. The first-order valence-electron chi connectivity index (χ1n) is 6.23. The highest BCUT2D eigenvalue weighted by Gasteiger charge is 2.21. The molecule has 0 N–H and O–H groups in total. The van der Waals surface area contributed by atoms with Gasteiger partial charge in [0.05, 0.1) is 25.3 Å². The number of nitrogens with zero attached hydrogens (tertiary/aromatic N) is 3. The van der Waals surface area contributed by atoms with Crippen molar-refractivity contribution in [2.24, 2.45) is 0 Å². The van der Waals surface area contributed by atoms with Gasteiger partial charge in [0.25, 0.3) is 0 Å². The molecule has 0 aliphatic carbocycles. The van der Waals surface area contributed by atoms with Gasteiger partial charge in [-0.3, -0.25) is 9.80 Å². The summed E-state index contributed by atoms with van der Waals surface area (Å²) in [5, 5.41) is 8.75. The third-order valence-electron chi connectivity index (χ3n) is 2.97. The van der Waals surface area contributed by atoms with Crippen molar-refractivity contribution in [1.82, 2.24) is 9.80 Å². The molecule has 0 aromatic heterocycles. The van der Waals surface area contributed by atoms with Gasteiger partial charge in [0.15, 0.2) is 0 Å². The van der Waals surface area contributed by atoms with Gasteiger partial charge in [0, 0.05) is 19.6 Å². The number of hydrogen-bond acceptors (Lipinski definition) is 4. The quantitative estimate of drug-likeness (QED) is 0.631. The molecule has 0 amide bonds. The zero-order chi connectivity index (χ0) is 11.8. The maximum atomic E-state index is 8.75. The Hall–Kier alpha value is -0.630. The van der Waals surface area contributed by atoms with Gasteiger partial charge in [0.2, 0.25) is 0 Å². The third kappa shape index (κ3) is 4.48. The fourth-order valence-corrected chi connectivity index (χ4v) is 2.12. The fraction of sp³-hybridized carbons (Fsp3) is 0.917. The zero-order valence-electron chi connectivity index (χ0n) is 10.5. The Kier molecular flexibility index (Phi) is 6.39. The predicted molar refractivity (Wildman–Crippen MR) is 64.2 cm³/mol. The number of nitriles is 1. The molecular formula is C12H23N3O. The second-order valence-corrected chi connectivity index (χ2v) is 4.28. The molecule has 1 heterocycles. The Morgan fingerprint density at radius 2 is 2.31 bits per heavy atom. The molecule has 1 rings (SSSR count). The molecule has 0 bridgehead atoms. The van der Waals surface area contributed by atoms with Crippen LogP contribution in [-0.2, 0) is 4.74 Å². The van der Waals surface area contributed by atoms with Gasteiger partial charge >= 0.3 is 0 Å². The molecule has 0 aromatic rings. The Morgan fingerprint density at radius 3 is 2.94 bits per heavy atom. The average molecular weight is 225 g/mol. The van der Waals surface area contributed by atoms with E-state index < -0.39 is 0 Å². The van der Waals surface area contributed by atoms with E-state index in [-0.39, 0.29) is 6.10 Å². The van der Waals surface area contributed by atoms with Gasteiger partial charge in [-0.25, -0.2) is 0 Å². The summed E-state index contributed by atoms with van der Waals surface area (Å²) < 4.78 is 5.74. The van der Waals surface area contributed by atoms with Crippen molar-refractivity contribution in [2.75, 3.05) is 45.9 Å². The highest BCUT2D eigenvalue weighted by Crippen LogP contribution is 2.07. The molecule has 1 atom stereocenters.